The second-order valence-electron chi connectivity index (χ2n) is 4.26. The Kier molecular flexibility index (Phi) is 4.45. The molecule has 1 heterocycles. The highest BCUT2D eigenvalue weighted by molar-refractivity contribution is 5.98. The van der Waals surface area contributed by atoms with Gasteiger partial charge in [-0.15, -0.1) is 0 Å². The predicted molar refractivity (Wildman–Crippen MR) is 78.1 cm³/mol. The van der Waals surface area contributed by atoms with Crippen LogP contribution in [0.15, 0.2) is 42.6 Å². The number of benzene rings is 1. The number of rotatable bonds is 5. The van der Waals surface area contributed by atoms with Gasteiger partial charge in [-0.25, -0.2) is 4.98 Å². The highest BCUT2D eigenvalue weighted by atomic mass is 16.6. The standard InChI is InChI=1S/C14H14N4O3/c1-15-14(19)12-3-2-8-16-13(12)17-9-10-4-6-11(7-5-10)18(20)21/h2-8H,9H2,1H3,(H,15,19)(H,16,17). The smallest absolute Gasteiger partial charge is 0.269 e. The van der Waals surface area contributed by atoms with Crippen LogP contribution < -0.4 is 10.6 Å². The quantitative estimate of drug-likeness (QED) is 0.647. The number of nitro benzene ring substituents is 1. The molecule has 7 nitrogen and oxygen atoms in total. The van der Waals surface area contributed by atoms with Gasteiger partial charge in [-0.2, -0.15) is 0 Å². The third-order valence-corrected chi connectivity index (χ3v) is 2.89. The normalized spacial score (nSPS) is 9.95. The molecule has 21 heavy (non-hydrogen) atoms. The third kappa shape index (κ3) is 3.53. The summed E-state index contributed by atoms with van der Waals surface area (Å²) in [4.78, 5) is 26.0. The fraction of sp³-hybridized carbons (Fsp3) is 0.143. The summed E-state index contributed by atoms with van der Waals surface area (Å²) in [6.45, 7) is 0.416. The van der Waals surface area contributed by atoms with E-state index >= 15 is 0 Å². The zero-order chi connectivity index (χ0) is 15.2. The number of aromatic nitrogens is 1. The molecule has 1 aromatic heterocycles. The van der Waals surface area contributed by atoms with E-state index in [9.17, 15) is 14.9 Å². The predicted octanol–water partition coefficient (Wildman–Crippen LogP) is 1.96. The van der Waals surface area contributed by atoms with Crippen LogP contribution in [-0.4, -0.2) is 22.9 Å². The van der Waals surface area contributed by atoms with Gasteiger partial charge < -0.3 is 10.6 Å². The number of anilines is 1. The topological polar surface area (TPSA) is 97.2 Å². The van der Waals surface area contributed by atoms with Crippen molar-refractivity contribution < 1.29 is 9.72 Å². The van der Waals surface area contributed by atoms with E-state index in [0.717, 1.165) is 5.56 Å². The van der Waals surface area contributed by atoms with Crippen LogP contribution in [-0.2, 0) is 6.54 Å². The Labute approximate surface area is 121 Å². The third-order valence-electron chi connectivity index (χ3n) is 2.89. The number of nitro groups is 1. The van der Waals surface area contributed by atoms with Crippen LogP contribution >= 0.6 is 0 Å². The van der Waals surface area contributed by atoms with E-state index < -0.39 is 4.92 Å². The van der Waals surface area contributed by atoms with Crippen LogP contribution in [0.25, 0.3) is 0 Å². The summed E-state index contributed by atoms with van der Waals surface area (Å²) >= 11 is 0. The monoisotopic (exact) mass is 286 g/mol. The molecule has 2 aromatic rings. The molecule has 0 unspecified atom stereocenters. The first-order chi connectivity index (χ1) is 10.1. The van der Waals surface area contributed by atoms with E-state index in [-0.39, 0.29) is 11.6 Å². The van der Waals surface area contributed by atoms with Gasteiger partial charge in [0.1, 0.15) is 5.82 Å². The van der Waals surface area contributed by atoms with E-state index in [0.29, 0.717) is 17.9 Å². The summed E-state index contributed by atoms with van der Waals surface area (Å²) in [5.74, 6) is 0.240. The summed E-state index contributed by atoms with van der Waals surface area (Å²) in [6.07, 6.45) is 1.59. The van der Waals surface area contributed by atoms with E-state index in [1.807, 2.05) is 0 Å². The number of hydrogen-bond donors (Lipinski definition) is 2. The maximum atomic E-state index is 11.7. The summed E-state index contributed by atoms with van der Waals surface area (Å²) in [6, 6.07) is 9.55. The van der Waals surface area contributed by atoms with Crippen molar-refractivity contribution in [2.75, 3.05) is 12.4 Å². The molecule has 1 amide bonds. The van der Waals surface area contributed by atoms with Crippen molar-refractivity contribution in [3.05, 3.63) is 63.8 Å². The molecule has 0 saturated carbocycles. The number of carbonyl (C=O) groups excluding carboxylic acids is 1. The van der Waals surface area contributed by atoms with E-state index in [1.165, 1.54) is 12.1 Å². The molecule has 0 spiro atoms. The zero-order valence-electron chi connectivity index (χ0n) is 11.4. The van der Waals surface area contributed by atoms with Crippen LogP contribution in [0.4, 0.5) is 11.5 Å². The fourth-order valence-electron chi connectivity index (χ4n) is 1.79. The van der Waals surface area contributed by atoms with Crippen molar-refractivity contribution in [3.8, 4) is 0 Å². The van der Waals surface area contributed by atoms with Crippen LogP contribution in [0.2, 0.25) is 0 Å². The highest BCUT2D eigenvalue weighted by Gasteiger charge is 2.10. The van der Waals surface area contributed by atoms with Gasteiger partial charge in [0, 0.05) is 31.9 Å². The number of carbonyl (C=O) groups is 1. The summed E-state index contributed by atoms with van der Waals surface area (Å²) in [5, 5.41) is 16.2. The number of nitrogens with one attached hydrogen (secondary N) is 2. The van der Waals surface area contributed by atoms with Crippen molar-refractivity contribution in [1.29, 1.82) is 0 Å². The van der Waals surface area contributed by atoms with Gasteiger partial charge in [0.05, 0.1) is 10.5 Å². The number of hydrogen-bond acceptors (Lipinski definition) is 5. The molecule has 0 aliphatic carbocycles. The molecule has 7 heteroatoms. The molecular formula is C14H14N4O3. The number of non-ortho nitro benzene ring substituents is 1. The first-order valence-corrected chi connectivity index (χ1v) is 6.26. The van der Waals surface area contributed by atoms with Crippen molar-refractivity contribution >= 4 is 17.4 Å². The second-order valence-corrected chi connectivity index (χ2v) is 4.26. The Bertz CT molecular complexity index is 656. The van der Waals surface area contributed by atoms with E-state index in [4.69, 9.17) is 0 Å². The molecule has 108 valence electrons. The summed E-state index contributed by atoms with van der Waals surface area (Å²) in [5.41, 5.74) is 1.35. The lowest BCUT2D eigenvalue weighted by Crippen LogP contribution is -2.20. The summed E-state index contributed by atoms with van der Waals surface area (Å²) in [7, 11) is 1.55. The van der Waals surface area contributed by atoms with Gasteiger partial charge in [0.2, 0.25) is 0 Å². The Hall–Kier alpha value is -2.96. The minimum Gasteiger partial charge on any atom is -0.365 e. The fourth-order valence-corrected chi connectivity index (χ4v) is 1.79. The lowest BCUT2D eigenvalue weighted by Gasteiger charge is -2.09. The van der Waals surface area contributed by atoms with Crippen molar-refractivity contribution in [3.63, 3.8) is 0 Å². The van der Waals surface area contributed by atoms with Crippen LogP contribution in [0, 0.1) is 10.1 Å². The molecule has 1 aromatic carbocycles. The Morgan fingerprint density at radius 2 is 2.00 bits per heavy atom. The zero-order valence-corrected chi connectivity index (χ0v) is 11.4. The van der Waals surface area contributed by atoms with Gasteiger partial charge >= 0.3 is 0 Å². The van der Waals surface area contributed by atoms with Crippen molar-refractivity contribution in [2.45, 2.75) is 6.54 Å². The largest absolute Gasteiger partial charge is 0.365 e. The van der Waals surface area contributed by atoms with Gasteiger partial charge in [0.15, 0.2) is 0 Å². The van der Waals surface area contributed by atoms with E-state index in [2.05, 4.69) is 15.6 Å². The first kappa shape index (κ1) is 14.4. The maximum absolute atomic E-state index is 11.7. The average Bonchev–Trinajstić information content (AvgIpc) is 2.52. The number of pyridine rings is 1. The molecule has 2 N–H and O–H groups in total. The Balaban J connectivity index is 2.09. The van der Waals surface area contributed by atoms with Crippen molar-refractivity contribution in [1.82, 2.24) is 10.3 Å². The van der Waals surface area contributed by atoms with Crippen LogP contribution in [0.5, 0.6) is 0 Å². The molecular weight excluding hydrogens is 272 g/mol. The molecule has 0 fully saturated rings. The van der Waals surface area contributed by atoms with Gasteiger partial charge in [-0.05, 0) is 17.7 Å². The average molecular weight is 286 g/mol. The highest BCUT2D eigenvalue weighted by Crippen LogP contribution is 2.15. The number of amides is 1. The lowest BCUT2D eigenvalue weighted by atomic mass is 10.2. The van der Waals surface area contributed by atoms with Gasteiger partial charge in [0.25, 0.3) is 11.6 Å². The molecule has 0 aliphatic rings. The number of nitrogens with zero attached hydrogens (tertiary/aromatic N) is 2. The molecule has 0 saturated heterocycles. The van der Waals surface area contributed by atoms with E-state index in [1.54, 1.807) is 37.5 Å². The van der Waals surface area contributed by atoms with Crippen molar-refractivity contribution in [2.24, 2.45) is 0 Å². The minimum atomic E-state index is -0.445. The molecule has 0 radical (unpaired) electrons. The summed E-state index contributed by atoms with van der Waals surface area (Å²) < 4.78 is 0. The molecule has 0 atom stereocenters. The van der Waals surface area contributed by atoms with Gasteiger partial charge in [-0.1, -0.05) is 12.1 Å². The van der Waals surface area contributed by atoms with Crippen LogP contribution in [0.1, 0.15) is 15.9 Å². The van der Waals surface area contributed by atoms with Gasteiger partial charge in [-0.3, -0.25) is 14.9 Å². The van der Waals surface area contributed by atoms with Crippen LogP contribution in [0.3, 0.4) is 0 Å². The first-order valence-electron chi connectivity index (χ1n) is 6.26. The molecule has 0 bridgehead atoms. The maximum Gasteiger partial charge on any atom is 0.269 e. The minimum absolute atomic E-state index is 0.0441. The molecule has 2 rings (SSSR count). The Morgan fingerprint density at radius 1 is 1.29 bits per heavy atom. The lowest BCUT2D eigenvalue weighted by molar-refractivity contribution is -0.384. The molecule has 0 aliphatic heterocycles. The second kappa shape index (κ2) is 6.47. The SMILES string of the molecule is CNC(=O)c1cccnc1NCc1ccc([N+](=O)[O-])cc1. The Morgan fingerprint density at radius 3 is 2.62 bits per heavy atom.